The van der Waals surface area contributed by atoms with Crippen molar-refractivity contribution in [1.82, 2.24) is 4.98 Å². The lowest BCUT2D eigenvalue weighted by Crippen LogP contribution is -1.92. The zero-order valence-corrected chi connectivity index (χ0v) is 6.86. The molecule has 12 heavy (non-hydrogen) atoms. The van der Waals surface area contributed by atoms with Crippen molar-refractivity contribution in [1.29, 1.82) is 0 Å². The maximum absolute atomic E-state index is 10.0. The summed E-state index contributed by atoms with van der Waals surface area (Å²) in [5.74, 6) is 0.540. The Morgan fingerprint density at radius 2 is 2.42 bits per heavy atom. The molecule has 0 saturated heterocycles. The molecule has 0 saturated carbocycles. The molecule has 0 unspecified atom stereocenters. The maximum Gasteiger partial charge on any atom is 0.123 e. The highest BCUT2D eigenvalue weighted by Gasteiger charge is 1.93. The van der Waals surface area contributed by atoms with Gasteiger partial charge in [0.25, 0.3) is 0 Å². The average Bonchev–Trinajstić information content (AvgIpc) is 2.05. The van der Waals surface area contributed by atoms with E-state index in [1.165, 1.54) is 0 Å². The topological polar surface area (TPSA) is 56.0 Å². The van der Waals surface area contributed by atoms with Crippen molar-refractivity contribution in [2.24, 2.45) is 0 Å². The first-order valence-corrected chi connectivity index (χ1v) is 3.97. The van der Waals surface area contributed by atoms with Crippen molar-refractivity contribution in [3.05, 3.63) is 23.9 Å². The molecule has 0 atom stereocenters. The zero-order valence-electron chi connectivity index (χ0n) is 6.86. The summed E-state index contributed by atoms with van der Waals surface area (Å²) < 4.78 is 0. The van der Waals surface area contributed by atoms with Gasteiger partial charge in [0.1, 0.15) is 12.1 Å². The number of unbranched alkanes of at least 4 members (excludes halogenated alkanes) is 1. The first kappa shape index (κ1) is 8.71. The van der Waals surface area contributed by atoms with E-state index in [-0.39, 0.29) is 0 Å². The lowest BCUT2D eigenvalue weighted by Gasteiger charge is -1.98. The minimum absolute atomic E-state index is 0.540. The predicted octanol–water partition coefficient (Wildman–Crippen LogP) is 1.19. The average molecular weight is 164 g/mol. The third-order valence-corrected chi connectivity index (χ3v) is 1.63. The van der Waals surface area contributed by atoms with Crippen molar-refractivity contribution in [2.45, 2.75) is 19.3 Å². The van der Waals surface area contributed by atoms with Gasteiger partial charge in [0, 0.05) is 12.6 Å². The van der Waals surface area contributed by atoms with Crippen LogP contribution in [0.2, 0.25) is 0 Å². The lowest BCUT2D eigenvalue weighted by molar-refractivity contribution is -0.107. The SMILES string of the molecule is Nc1cc(CCCC=O)ccn1. The molecule has 0 bridgehead atoms. The molecule has 0 fully saturated rings. The van der Waals surface area contributed by atoms with E-state index >= 15 is 0 Å². The third-order valence-electron chi connectivity index (χ3n) is 1.63. The van der Waals surface area contributed by atoms with E-state index in [9.17, 15) is 4.79 Å². The number of rotatable bonds is 4. The number of nitrogen functional groups attached to an aromatic ring is 1. The van der Waals surface area contributed by atoms with Crippen LogP contribution in [0, 0.1) is 0 Å². The first-order chi connectivity index (χ1) is 5.83. The van der Waals surface area contributed by atoms with Crippen LogP contribution in [0.3, 0.4) is 0 Å². The Bertz CT molecular complexity index is 260. The van der Waals surface area contributed by atoms with Crippen LogP contribution in [0.5, 0.6) is 0 Å². The van der Waals surface area contributed by atoms with Crippen LogP contribution in [0.4, 0.5) is 5.82 Å². The molecule has 3 nitrogen and oxygen atoms in total. The molecule has 0 aliphatic carbocycles. The van der Waals surface area contributed by atoms with Crippen LogP contribution >= 0.6 is 0 Å². The second kappa shape index (κ2) is 4.49. The molecule has 1 aromatic rings. The van der Waals surface area contributed by atoms with Gasteiger partial charge < -0.3 is 10.5 Å². The van der Waals surface area contributed by atoms with Crippen molar-refractivity contribution in [3.8, 4) is 0 Å². The molecule has 1 aromatic heterocycles. The largest absolute Gasteiger partial charge is 0.384 e. The minimum Gasteiger partial charge on any atom is -0.384 e. The molecule has 2 N–H and O–H groups in total. The second-order valence-corrected chi connectivity index (χ2v) is 2.65. The number of hydrogen-bond donors (Lipinski definition) is 1. The highest BCUT2D eigenvalue weighted by molar-refractivity contribution is 5.49. The van der Waals surface area contributed by atoms with Gasteiger partial charge in [0.15, 0.2) is 0 Å². The maximum atomic E-state index is 10.0. The van der Waals surface area contributed by atoms with Gasteiger partial charge in [-0.3, -0.25) is 0 Å². The standard InChI is InChI=1S/C9H12N2O/c10-9-7-8(4-5-11-9)3-1-2-6-12/h4-7H,1-3H2,(H2,10,11). The van der Waals surface area contributed by atoms with Crippen molar-refractivity contribution in [3.63, 3.8) is 0 Å². The molecular weight excluding hydrogens is 152 g/mol. The second-order valence-electron chi connectivity index (χ2n) is 2.65. The van der Waals surface area contributed by atoms with E-state index in [2.05, 4.69) is 4.98 Å². The molecule has 0 radical (unpaired) electrons. The van der Waals surface area contributed by atoms with Gasteiger partial charge in [-0.05, 0) is 30.5 Å². The number of aldehydes is 1. The van der Waals surface area contributed by atoms with E-state index in [4.69, 9.17) is 5.73 Å². The smallest absolute Gasteiger partial charge is 0.123 e. The van der Waals surface area contributed by atoms with E-state index in [1.54, 1.807) is 6.20 Å². The van der Waals surface area contributed by atoms with E-state index in [1.807, 2.05) is 12.1 Å². The van der Waals surface area contributed by atoms with Crippen molar-refractivity contribution >= 4 is 12.1 Å². The van der Waals surface area contributed by atoms with Crippen LogP contribution < -0.4 is 5.73 Å². The zero-order chi connectivity index (χ0) is 8.81. The van der Waals surface area contributed by atoms with Crippen LogP contribution in [-0.2, 0) is 11.2 Å². The number of pyridine rings is 1. The molecular formula is C9H12N2O. The summed E-state index contributed by atoms with van der Waals surface area (Å²) in [6.45, 7) is 0. The third kappa shape index (κ3) is 2.70. The summed E-state index contributed by atoms with van der Waals surface area (Å²) in [6.07, 6.45) is 5.01. The number of nitrogens with two attached hydrogens (primary N) is 1. The highest BCUT2D eigenvalue weighted by atomic mass is 16.1. The van der Waals surface area contributed by atoms with Crippen LogP contribution in [0.25, 0.3) is 0 Å². The number of hydrogen-bond acceptors (Lipinski definition) is 3. The molecule has 1 heterocycles. The summed E-state index contributed by atoms with van der Waals surface area (Å²) in [5, 5.41) is 0. The first-order valence-electron chi connectivity index (χ1n) is 3.97. The monoisotopic (exact) mass is 164 g/mol. The fourth-order valence-electron chi connectivity index (χ4n) is 1.04. The number of carbonyl (C=O) groups excluding carboxylic acids is 1. The van der Waals surface area contributed by atoms with Gasteiger partial charge in [-0.1, -0.05) is 0 Å². The summed E-state index contributed by atoms with van der Waals surface area (Å²) >= 11 is 0. The van der Waals surface area contributed by atoms with Gasteiger partial charge >= 0.3 is 0 Å². The van der Waals surface area contributed by atoms with Crippen molar-refractivity contribution in [2.75, 3.05) is 5.73 Å². The summed E-state index contributed by atoms with van der Waals surface area (Å²) in [7, 11) is 0. The highest BCUT2D eigenvalue weighted by Crippen LogP contribution is 2.06. The van der Waals surface area contributed by atoms with Crippen LogP contribution in [0.15, 0.2) is 18.3 Å². The number of aryl methyl sites for hydroxylation is 1. The molecule has 64 valence electrons. The minimum atomic E-state index is 0.540. The molecule has 1 rings (SSSR count). The Labute approximate surface area is 71.6 Å². The van der Waals surface area contributed by atoms with Crippen LogP contribution in [-0.4, -0.2) is 11.3 Å². The fraction of sp³-hybridized carbons (Fsp3) is 0.333. The molecule has 0 aliphatic rings. The van der Waals surface area contributed by atoms with Crippen molar-refractivity contribution < 1.29 is 4.79 Å². The van der Waals surface area contributed by atoms with Crippen LogP contribution in [0.1, 0.15) is 18.4 Å². The number of aromatic nitrogens is 1. The molecule has 3 heteroatoms. The molecule has 0 amide bonds. The quantitative estimate of drug-likeness (QED) is 0.537. The summed E-state index contributed by atoms with van der Waals surface area (Å²) in [4.78, 5) is 13.9. The van der Waals surface area contributed by atoms with Gasteiger partial charge in [-0.15, -0.1) is 0 Å². The molecule has 0 spiro atoms. The Morgan fingerprint density at radius 1 is 1.58 bits per heavy atom. The van der Waals surface area contributed by atoms with Gasteiger partial charge in [0.2, 0.25) is 0 Å². The van der Waals surface area contributed by atoms with E-state index in [0.29, 0.717) is 12.2 Å². The molecule has 0 aromatic carbocycles. The number of anilines is 1. The lowest BCUT2D eigenvalue weighted by atomic mass is 10.1. The number of carbonyl (C=O) groups is 1. The van der Waals surface area contributed by atoms with Gasteiger partial charge in [-0.25, -0.2) is 4.98 Å². The normalized spacial score (nSPS) is 9.67. The molecule has 0 aliphatic heterocycles. The fourth-order valence-corrected chi connectivity index (χ4v) is 1.04. The number of nitrogens with zero attached hydrogens (tertiary/aromatic N) is 1. The Morgan fingerprint density at radius 3 is 3.08 bits per heavy atom. The Balaban J connectivity index is 2.46. The van der Waals surface area contributed by atoms with E-state index in [0.717, 1.165) is 24.7 Å². The van der Waals surface area contributed by atoms with E-state index < -0.39 is 0 Å². The predicted molar refractivity (Wildman–Crippen MR) is 47.7 cm³/mol. The van der Waals surface area contributed by atoms with Gasteiger partial charge in [0.05, 0.1) is 0 Å². The Hall–Kier alpha value is -1.38. The van der Waals surface area contributed by atoms with Gasteiger partial charge in [-0.2, -0.15) is 0 Å². The summed E-state index contributed by atoms with van der Waals surface area (Å²) in [5.41, 5.74) is 6.63. The summed E-state index contributed by atoms with van der Waals surface area (Å²) in [6, 6.07) is 3.76. The Kier molecular flexibility index (Phi) is 3.26.